The molecule has 29 heavy (non-hydrogen) atoms. The molecule has 5 fully saturated rings. The lowest BCUT2D eigenvalue weighted by atomic mass is 9.44. The first-order valence-electron chi connectivity index (χ1n) is 11.3. The number of esters is 2. The molecule has 0 radical (unpaired) electrons. The van der Waals surface area contributed by atoms with Crippen LogP contribution in [-0.4, -0.2) is 42.5 Å². The van der Waals surface area contributed by atoms with Crippen LogP contribution in [0.15, 0.2) is 0 Å². The summed E-state index contributed by atoms with van der Waals surface area (Å²) in [5.41, 5.74) is -0.708. The third-order valence-corrected chi connectivity index (χ3v) is 9.47. The number of hydrogen-bond acceptors (Lipinski definition) is 5. The maximum Gasteiger partial charge on any atom is 0.302 e. The largest absolute Gasteiger partial charge is 0.465 e. The molecule has 5 nitrogen and oxygen atoms in total. The second-order valence-electron chi connectivity index (χ2n) is 10.6. The van der Waals surface area contributed by atoms with Gasteiger partial charge in [-0.25, -0.2) is 4.39 Å². The third kappa shape index (κ3) is 2.66. The minimum absolute atomic E-state index is 0.00163. The van der Waals surface area contributed by atoms with Gasteiger partial charge in [-0.1, -0.05) is 6.92 Å². The molecule has 4 aliphatic carbocycles. The summed E-state index contributed by atoms with van der Waals surface area (Å²) in [5.74, 6) is 0.849. The molecule has 0 aromatic heterocycles. The summed E-state index contributed by atoms with van der Waals surface area (Å²) in [6, 6.07) is 0. The Hall–Kier alpha value is -1.17. The predicted molar refractivity (Wildman–Crippen MR) is 103 cm³/mol. The lowest BCUT2D eigenvalue weighted by molar-refractivity contribution is -0.172. The molecule has 5 aliphatic rings. The van der Waals surface area contributed by atoms with Gasteiger partial charge in [0.25, 0.3) is 0 Å². The van der Waals surface area contributed by atoms with Crippen molar-refractivity contribution >= 4 is 11.9 Å². The summed E-state index contributed by atoms with van der Waals surface area (Å²) in [5, 5.41) is 0. The maximum atomic E-state index is 14.4. The van der Waals surface area contributed by atoms with Crippen molar-refractivity contribution in [3.8, 4) is 0 Å². The highest BCUT2D eigenvalue weighted by molar-refractivity contribution is 5.66. The summed E-state index contributed by atoms with van der Waals surface area (Å²) in [7, 11) is 0. The fourth-order valence-corrected chi connectivity index (χ4v) is 8.26. The molecule has 5 rings (SSSR count). The topological polar surface area (TPSA) is 65.1 Å². The fourth-order valence-electron chi connectivity index (χ4n) is 8.26. The van der Waals surface area contributed by atoms with Crippen LogP contribution < -0.4 is 0 Å². The molecule has 1 aliphatic heterocycles. The molecule has 6 heteroatoms. The van der Waals surface area contributed by atoms with Gasteiger partial charge >= 0.3 is 11.9 Å². The SMILES string of the molecule is CC(=O)OCC12CCC(F)CC13OC3CC1C3CCC(OC(C)=O)C3(C)CCC12. The predicted octanol–water partition coefficient (Wildman–Crippen LogP) is 3.97. The Kier molecular flexibility index (Phi) is 4.37. The quantitative estimate of drug-likeness (QED) is 0.522. The average Bonchev–Trinajstić information content (AvgIpc) is 3.24. The highest BCUT2D eigenvalue weighted by Gasteiger charge is 2.78. The van der Waals surface area contributed by atoms with E-state index in [-0.39, 0.29) is 35.0 Å². The highest BCUT2D eigenvalue weighted by atomic mass is 19.1. The highest BCUT2D eigenvalue weighted by Crippen LogP contribution is 2.73. The van der Waals surface area contributed by atoms with Gasteiger partial charge in [0.05, 0.1) is 6.10 Å². The van der Waals surface area contributed by atoms with Crippen molar-refractivity contribution in [3.63, 3.8) is 0 Å². The number of fused-ring (bicyclic) bond motifs is 4. The Balaban J connectivity index is 1.47. The molecule has 9 unspecified atom stereocenters. The van der Waals surface area contributed by atoms with E-state index in [1.807, 2.05) is 0 Å². The first kappa shape index (κ1) is 19.8. The van der Waals surface area contributed by atoms with Crippen LogP contribution in [0, 0.1) is 28.6 Å². The molecule has 1 heterocycles. The Morgan fingerprint density at radius 2 is 1.86 bits per heavy atom. The number of ether oxygens (including phenoxy) is 3. The van der Waals surface area contributed by atoms with Crippen molar-refractivity contribution in [2.45, 2.75) is 96.1 Å². The van der Waals surface area contributed by atoms with Crippen LogP contribution in [0.3, 0.4) is 0 Å². The first-order valence-corrected chi connectivity index (χ1v) is 11.3. The maximum absolute atomic E-state index is 14.4. The van der Waals surface area contributed by atoms with E-state index in [4.69, 9.17) is 14.2 Å². The minimum atomic E-state index is -0.823. The molecule has 0 bridgehead atoms. The Morgan fingerprint density at radius 1 is 1.07 bits per heavy atom. The molecule has 4 saturated carbocycles. The van der Waals surface area contributed by atoms with Crippen molar-refractivity contribution in [1.82, 2.24) is 0 Å². The van der Waals surface area contributed by atoms with Gasteiger partial charge in [0.2, 0.25) is 0 Å². The van der Waals surface area contributed by atoms with E-state index in [2.05, 4.69) is 6.92 Å². The molecule has 0 aromatic carbocycles. The number of alkyl halides is 1. The summed E-state index contributed by atoms with van der Waals surface area (Å²) in [6.07, 6.45) is 5.90. The number of halogens is 1. The van der Waals surface area contributed by atoms with Crippen LogP contribution in [0.4, 0.5) is 4.39 Å². The minimum Gasteiger partial charge on any atom is -0.465 e. The monoisotopic (exact) mass is 408 g/mol. The van der Waals surface area contributed by atoms with Gasteiger partial charge in [0.15, 0.2) is 0 Å². The zero-order chi connectivity index (χ0) is 20.6. The zero-order valence-electron chi connectivity index (χ0n) is 17.7. The lowest BCUT2D eigenvalue weighted by Gasteiger charge is -2.59. The first-order chi connectivity index (χ1) is 13.7. The molecule has 162 valence electrons. The van der Waals surface area contributed by atoms with Crippen LogP contribution in [-0.2, 0) is 23.8 Å². The molecule has 0 aromatic rings. The van der Waals surface area contributed by atoms with E-state index in [1.54, 1.807) is 0 Å². The summed E-state index contributed by atoms with van der Waals surface area (Å²) in [6.45, 7) is 5.60. The van der Waals surface area contributed by atoms with E-state index in [1.165, 1.54) is 13.8 Å². The van der Waals surface area contributed by atoms with E-state index >= 15 is 0 Å². The summed E-state index contributed by atoms with van der Waals surface area (Å²) >= 11 is 0. The van der Waals surface area contributed by atoms with Crippen molar-refractivity contribution in [1.29, 1.82) is 0 Å². The summed E-state index contributed by atoms with van der Waals surface area (Å²) in [4.78, 5) is 23.3. The van der Waals surface area contributed by atoms with Crippen LogP contribution in [0.5, 0.6) is 0 Å². The zero-order valence-corrected chi connectivity index (χ0v) is 17.7. The lowest BCUT2D eigenvalue weighted by Crippen LogP contribution is -2.61. The molecule has 9 atom stereocenters. The standard InChI is InChI=1S/C23H33FO5/c1-13(25)27-12-22-9-6-15(24)11-23(22)20(29-23)10-16-17-4-5-19(28-14(2)26)21(17,3)8-7-18(16)22/h15-20H,4-12H2,1-3H3. The van der Waals surface area contributed by atoms with E-state index in [0.717, 1.165) is 38.5 Å². The van der Waals surface area contributed by atoms with Gasteiger partial charge in [-0.15, -0.1) is 0 Å². The van der Waals surface area contributed by atoms with Gasteiger partial charge in [0, 0.05) is 31.1 Å². The number of carbonyl (C=O) groups is 2. The Labute approximate surface area is 172 Å². The molecular weight excluding hydrogens is 375 g/mol. The number of epoxide rings is 1. The van der Waals surface area contributed by atoms with Gasteiger partial charge in [-0.2, -0.15) is 0 Å². The fraction of sp³-hybridized carbons (Fsp3) is 0.913. The Bertz CT molecular complexity index is 726. The van der Waals surface area contributed by atoms with E-state index in [9.17, 15) is 14.0 Å². The van der Waals surface area contributed by atoms with Crippen molar-refractivity contribution in [2.24, 2.45) is 28.6 Å². The van der Waals surface area contributed by atoms with Crippen molar-refractivity contribution in [2.75, 3.05) is 6.61 Å². The van der Waals surface area contributed by atoms with E-state index in [0.29, 0.717) is 37.2 Å². The molecular formula is C23H33FO5. The van der Waals surface area contributed by atoms with Crippen LogP contribution in [0.25, 0.3) is 0 Å². The number of hydrogen-bond donors (Lipinski definition) is 0. The molecule has 0 N–H and O–H groups in total. The van der Waals surface area contributed by atoms with E-state index < -0.39 is 11.8 Å². The third-order valence-electron chi connectivity index (χ3n) is 9.47. The van der Waals surface area contributed by atoms with Crippen LogP contribution in [0.1, 0.15) is 72.1 Å². The number of rotatable bonds is 3. The average molecular weight is 409 g/mol. The second-order valence-corrected chi connectivity index (χ2v) is 10.6. The van der Waals surface area contributed by atoms with Gasteiger partial charge in [-0.05, 0) is 62.7 Å². The number of carbonyl (C=O) groups excluding carboxylic acids is 2. The van der Waals surface area contributed by atoms with Gasteiger partial charge in [0.1, 0.15) is 24.5 Å². The van der Waals surface area contributed by atoms with Gasteiger partial charge < -0.3 is 14.2 Å². The van der Waals surface area contributed by atoms with Crippen LogP contribution in [0.2, 0.25) is 0 Å². The smallest absolute Gasteiger partial charge is 0.302 e. The van der Waals surface area contributed by atoms with Gasteiger partial charge in [-0.3, -0.25) is 9.59 Å². The summed E-state index contributed by atoms with van der Waals surface area (Å²) < 4.78 is 32.1. The molecule has 0 amide bonds. The van der Waals surface area contributed by atoms with Crippen LogP contribution >= 0.6 is 0 Å². The second kappa shape index (κ2) is 6.41. The normalized spacial score (nSPS) is 52.4. The Morgan fingerprint density at radius 3 is 2.59 bits per heavy atom. The molecule has 1 saturated heterocycles. The molecule has 1 spiro atoms. The van der Waals surface area contributed by atoms with Crippen molar-refractivity contribution < 1.29 is 28.2 Å². The van der Waals surface area contributed by atoms with Crippen molar-refractivity contribution in [3.05, 3.63) is 0 Å².